The smallest absolute Gasteiger partial charge is 0.234 e. The molecule has 4 aromatic rings. The van der Waals surface area contributed by atoms with Crippen LogP contribution in [0.4, 0.5) is 10.1 Å². The second-order valence-electron chi connectivity index (χ2n) is 6.36. The van der Waals surface area contributed by atoms with Gasteiger partial charge in [-0.05, 0) is 36.8 Å². The lowest BCUT2D eigenvalue weighted by atomic mass is 10.2. The minimum Gasteiger partial charge on any atom is -0.467 e. The molecule has 0 aliphatic carbocycles. The van der Waals surface area contributed by atoms with Gasteiger partial charge in [-0.2, -0.15) is 0 Å². The number of anilines is 1. The molecular weight excluding hydrogens is 407 g/mol. The SMILES string of the molecule is Cc1ccc(NC(=O)CSc2nnc(-c3cnccn3)n2Cc2ccco2)cc1F. The van der Waals surface area contributed by atoms with Gasteiger partial charge in [-0.25, -0.2) is 9.37 Å². The molecule has 0 fully saturated rings. The number of amides is 1. The Morgan fingerprint density at radius 1 is 1.27 bits per heavy atom. The first-order valence-corrected chi connectivity index (χ1v) is 9.99. The first-order valence-electron chi connectivity index (χ1n) is 9.01. The Bertz CT molecular complexity index is 1150. The van der Waals surface area contributed by atoms with Crippen molar-refractivity contribution >= 4 is 23.4 Å². The summed E-state index contributed by atoms with van der Waals surface area (Å²) < 4.78 is 20.9. The van der Waals surface area contributed by atoms with Gasteiger partial charge in [0.2, 0.25) is 5.91 Å². The molecule has 1 N–H and O–H groups in total. The van der Waals surface area contributed by atoms with Gasteiger partial charge in [0.15, 0.2) is 11.0 Å². The Morgan fingerprint density at radius 2 is 2.17 bits per heavy atom. The van der Waals surface area contributed by atoms with Gasteiger partial charge in [-0.15, -0.1) is 10.2 Å². The fraction of sp³-hybridized carbons (Fsp3) is 0.150. The molecule has 152 valence electrons. The van der Waals surface area contributed by atoms with Crippen LogP contribution < -0.4 is 5.32 Å². The Balaban J connectivity index is 1.51. The Kier molecular flexibility index (Phi) is 5.84. The standard InChI is InChI=1S/C20H17FN6O2S/c1-13-4-5-14(9-16(13)21)24-18(28)12-30-20-26-25-19(17-10-22-6-7-23-17)27(20)11-15-3-2-8-29-15/h2-10H,11-12H2,1H3,(H,24,28). The zero-order valence-electron chi connectivity index (χ0n) is 15.9. The van der Waals surface area contributed by atoms with Crippen molar-refractivity contribution in [3.8, 4) is 11.5 Å². The van der Waals surface area contributed by atoms with Gasteiger partial charge >= 0.3 is 0 Å². The fourth-order valence-electron chi connectivity index (χ4n) is 2.70. The van der Waals surface area contributed by atoms with Crippen molar-refractivity contribution < 1.29 is 13.6 Å². The first-order chi connectivity index (χ1) is 14.6. The Hall–Kier alpha value is -3.53. The van der Waals surface area contributed by atoms with E-state index in [0.29, 0.717) is 40.2 Å². The molecule has 10 heteroatoms. The van der Waals surface area contributed by atoms with Gasteiger partial charge in [0.1, 0.15) is 17.3 Å². The van der Waals surface area contributed by atoms with Gasteiger partial charge in [0, 0.05) is 18.1 Å². The summed E-state index contributed by atoms with van der Waals surface area (Å²) in [5.74, 6) is 0.653. The highest BCUT2D eigenvalue weighted by atomic mass is 32.2. The summed E-state index contributed by atoms with van der Waals surface area (Å²) in [5, 5.41) is 11.6. The van der Waals surface area contributed by atoms with E-state index in [2.05, 4.69) is 25.5 Å². The summed E-state index contributed by atoms with van der Waals surface area (Å²) in [4.78, 5) is 20.7. The molecule has 0 bridgehead atoms. The van der Waals surface area contributed by atoms with Crippen LogP contribution in [0.2, 0.25) is 0 Å². The van der Waals surface area contributed by atoms with Crippen LogP contribution >= 0.6 is 11.8 Å². The number of halogens is 1. The fourth-order valence-corrected chi connectivity index (χ4v) is 3.44. The summed E-state index contributed by atoms with van der Waals surface area (Å²) >= 11 is 1.21. The minimum absolute atomic E-state index is 0.0756. The van der Waals surface area contributed by atoms with E-state index in [0.717, 1.165) is 0 Å². The maximum atomic E-state index is 13.7. The molecule has 3 aromatic heterocycles. The first kappa shape index (κ1) is 19.8. The van der Waals surface area contributed by atoms with Crippen LogP contribution in [0.3, 0.4) is 0 Å². The number of carbonyl (C=O) groups is 1. The number of aromatic nitrogens is 5. The number of hydrogen-bond acceptors (Lipinski definition) is 7. The normalized spacial score (nSPS) is 10.9. The van der Waals surface area contributed by atoms with Crippen molar-refractivity contribution in [2.24, 2.45) is 0 Å². The molecule has 4 rings (SSSR count). The third-order valence-electron chi connectivity index (χ3n) is 4.19. The zero-order valence-corrected chi connectivity index (χ0v) is 16.8. The molecule has 0 radical (unpaired) electrons. The average Bonchev–Trinajstić information content (AvgIpc) is 3.40. The third kappa shape index (κ3) is 4.54. The molecule has 0 saturated heterocycles. The molecule has 0 aliphatic rings. The van der Waals surface area contributed by atoms with Crippen LogP contribution in [0.5, 0.6) is 0 Å². The molecule has 1 amide bonds. The number of furan rings is 1. The highest BCUT2D eigenvalue weighted by Crippen LogP contribution is 2.24. The predicted octanol–water partition coefficient (Wildman–Crippen LogP) is 3.55. The summed E-state index contributed by atoms with van der Waals surface area (Å²) in [6.07, 6.45) is 6.32. The van der Waals surface area contributed by atoms with Crippen molar-refractivity contribution in [3.63, 3.8) is 0 Å². The lowest BCUT2D eigenvalue weighted by Gasteiger charge is -2.09. The van der Waals surface area contributed by atoms with Gasteiger partial charge in [0.25, 0.3) is 0 Å². The molecule has 8 nitrogen and oxygen atoms in total. The summed E-state index contributed by atoms with van der Waals surface area (Å²) in [5.41, 5.74) is 1.48. The lowest BCUT2D eigenvalue weighted by Crippen LogP contribution is -2.15. The van der Waals surface area contributed by atoms with E-state index < -0.39 is 0 Å². The monoisotopic (exact) mass is 424 g/mol. The van der Waals surface area contributed by atoms with E-state index in [-0.39, 0.29) is 17.5 Å². The number of hydrogen-bond donors (Lipinski definition) is 1. The van der Waals surface area contributed by atoms with Crippen molar-refractivity contribution in [1.29, 1.82) is 0 Å². The van der Waals surface area contributed by atoms with Crippen LogP contribution in [-0.2, 0) is 11.3 Å². The molecule has 0 spiro atoms. The topological polar surface area (TPSA) is 98.7 Å². The van der Waals surface area contributed by atoms with Gasteiger partial charge in [-0.3, -0.25) is 14.3 Å². The number of benzene rings is 1. The summed E-state index contributed by atoms with van der Waals surface area (Å²) in [7, 11) is 0. The van der Waals surface area contributed by atoms with Crippen LogP contribution in [0, 0.1) is 12.7 Å². The van der Waals surface area contributed by atoms with E-state index in [4.69, 9.17) is 4.42 Å². The van der Waals surface area contributed by atoms with Crippen molar-refractivity contribution in [2.75, 3.05) is 11.1 Å². The van der Waals surface area contributed by atoms with E-state index in [1.165, 1.54) is 17.8 Å². The van der Waals surface area contributed by atoms with Crippen LogP contribution in [0.15, 0.2) is 64.8 Å². The van der Waals surface area contributed by atoms with E-state index in [1.54, 1.807) is 50.0 Å². The van der Waals surface area contributed by atoms with Crippen LogP contribution in [0.1, 0.15) is 11.3 Å². The molecule has 3 heterocycles. The maximum Gasteiger partial charge on any atom is 0.234 e. The number of nitrogens with zero attached hydrogens (tertiary/aromatic N) is 5. The Labute approximate surface area is 175 Å². The molecule has 0 saturated carbocycles. The number of carbonyl (C=O) groups excluding carboxylic acids is 1. The average molecular weight is 424 g/mol. The molecule has 1 aromatic carbocycles. The molecule has 30 heavy (non-hydrogen) atoms. The van der Waals surface area contributed by atoms with Crippen LogP contribution in [-0.4, -0.2) is 36.4 Å². The highest BCUT2D eigenvalue weighted by molar-refractivity contribution is 7.99. The summed E-state index contributed by atoms with van der Waals surface area (Å²) in [6.45, 7) is 2.04. The molecular formula is C20H17FN6O2S. The predicted molar refractivity (Wildman–Crippen MR) is 109 cm³/mol. The van der Waals surface area contributed by atoms with Crippen molar-refractivity contribution in [1.82, 2.24) is 24.7 Å². The van der Waals surface area contributed by atoms with E-state index in [9.17, 15) is 9.18 Å². The zero-order chi connectivity index (χ0) is 20.9. The molecule has 0 unspecified atom stereocenters. The largest absolute Gasteiger partial charge is 0.467 e. The van der Waals surface area contributed by atoms with Crippen molar-refractivity contribution in [3.05, 3.63) is 72.3 Å². The molecule has 0 aliphatic heterocycles. The molecule has 0 atom stereocenters. The Morgan fingerprint density at radius 3 is 2.90 bits per heavy atom. The number of rotatable bonds is 7. The minimum atomic E-state index is -0.368. The van der Waals surface area contributed by atoms with E-state index in [1.807, 2.05) is 10.6 Å². The lowest BCUT2D eigenvalue weighted by molar-refractivity contribution is -0.113. The van der Waals surface area contributed by atoms with Crippen molar-refractivity contribution in [2.45, 2.75) is 18.6 Å². The van der Waals surface area contributed by atoms with Gasteiger partial charge < -0.3 is 9.73 Å². The van der Waals surface area contributed by atoms with Crippen LogP contribution in [0.25, 0.3) is 11.5 Å². The number of nitrogens with one attached hydrogen (secondary N) is 1. The maximum absolute atomic E-state index is 13.7. The second kappa shape index (κ2) is 8.87. The quantitative estimate of drug-likeness (QED) is 0.453. The summed E-state index contributed by atoms with van der Waals surface area (Å²) in [6, 6.07) is 8.21. The third-order valence-corrected chi connectivity index (χ3v) is 5.16. The highest BCUT2D eigenvalue weighted by Gasteiger charge is 2.18. The number of aryl methyl sites for hydroxylation is 1. The second-order valence-corrected chi connectivity index (χ2v) is 7.31. The number of thioether (sulfide) groups is 1. The van der Waals surface area contributed by atoms with E-state index >= 15 is 0 Å². The van der Waals surface area contributed by atoms with Gasteiger partial charge in [0.05, 0.1) is 24.8 Å². The van der Waals surface area contributed by atoms with Gasteiger partial charge in [-0.1, -0.05) is 17.8 Å².